The lowest BCUT2D eigenvalue weighted by molar-refractivity contribution is 0.0559. The standard InChI is InChI=1S/C14H30N2O2/c1-3-6-15-14-5-7-16(12-13(14)4-2)8-10-18-11-9-17/h13-15,17H,3-12H2,1-2H3. The summed E-state index contributed by atoms with van der Waals surface area (Å²) in [5.74, 6) is 0.767. The van der Waals surface area contributed by atoms with E-state index >= 15 is 0 Å². The molecule has 1 aliphatic heterocycles. The van der Waals surface area contributed by atoms with Crippen LogP contribution in [0.2, 0.25) is 0 Å². The number of hydrogen-bond donors (Lipinski definition) is 2. The molecule has 2 atom stereocenters. The maximum absolute atomic E-state index is 8.65. The zero-order valence-electron chi connectivity index (χ0n) is 12.0. The molecule has 0 radical (unpaired) electrons. The number of nitrogens with zero attached hydrogens (tertiary/aromatic N) is 1. The molecule has 1 rings (SSSR count). The van der Waals surface area contributed by atoms with Crippen molar-refractivity contribution < 1.29 is 9.84 Å². The van der Waals surface area contributed by atoms with Crippen molar-refractivity contribution in [2.75, 3.05) is 46.0 Å². The van der Waals surface area contributed by atoms with E-state index in [9.17, 15) is 0 Å². The molecule has 1 fully saturated rings. The van der Waals surface area contributed by atoms with Crippen LogP contribution in [0.25, 0.3) is 0 Å². The van der Waals surface area contributed by atoms with E-state index in [-0.39, 0.29) is 6.61 Å². The monoisotopic (exact) mass is 258 g/mol. The third-order valence-electron chi connectivity index (χ3n) is 3.79. The topological polar surface area (TPSA) is 44.7 Å². The molecule has 1 saturated heterocycles. The Morgan fingerprint density at radius 2 is 2.17 bits per heavy atom. The molecule has 2 N–H and O–H groups in total. The van der Waals surface area contributed by atoms with Gasteiger partial charge in [-0.15, -0.1) is 0 Å². The third kappa shape index (κ3) is 5.65. The second kappa shape index (κ2) is 9.73. The zero-order chi connectivity index (χ0) is 13.2. The van der Waals surface area contributed by atoms with Gasteiger partial charge < -0.3 is 20.1 Å². The number of aliphatic hydroxyl groups is 1. The molecular formula is C14H30N2O2. The van der Waals surface area contributed by atoms with Gasteiger partial charge in [-0.1, -0.05) is 20.3 Å². The zero-order valence-corrected chi connectivity index (χ0v) is 12.0. The number of likely N-dealkylation sites (tertiary alicyclic amines) is 1. The first kappa shape index (κ1) is 15.9. The van der Waals surface area contributed by atoms with Crippen LogP contribution < -0.4 is 5.32 Å². The number of nitrogens with one attached hydrogen (secondary N) is 1. The third-order valence-corrected chi connectivity index (χ3v) is 3.79. The summed E-state index contributed by atoms with van der Waals surface area (Å²) in [4.78, 5) is 2.50. The summed E-state index contributed by atoms with van der Waals surface area (Å²) in [6, 6.07) is 0.699. The fraction of sp³-hybridized carbons (Fsp3) is 1.00. The van der Waals surface area contributed by atoms with E-state index in [0.717, 1.165) is 25.6 Å². The minimum Gasteiger partial charge on any atom is -0.394 e. The Morgan fingerprint density at radius 1 is 1.33 bits per heavy atom. The first-order valence-corrected chi connectivity index (χ1v) is 7.46. The first-order valence-electron chi connectivity index (χ1n) is 7.46. The van der Waals surface area contributed by atoms with Gasteiger partial charge in [-0.2, -0.15) is 0 Å². The van der Waals surface area contributed by atoms with Crippen molar-refractivity contribution in [2.45, 2.75) is 39.2 Å². The van der Waals surface area contributed by atoms with Gasteiger partial charge in [-0.05, 0) is 31.8 Å². The molecule has 0 saturated carbocycles. The number of hydrogen-bond acceptors (Lipinski definition) is 4. The minimum absolute atomic E-state index is 0.126. The summed E-state index contributed by atoms with van der Waals surface area (Å²) in [5, 5.41) is 12.3. The largest absolute Gasteiger partial charge is 0.394 e. The average Bonchev–Trinajstić information content (AvgIpc) is 2.41. The Labute approximate surface area is 112 Å². The minimum atomic E-state index is 0.126. The van der Waals surface area contributed by atoms with Crippen LogP contribution in [0.15, 0.2) is 0 Å². The van der Waals surface area contributed by atoms with Crippen LogP contribution in [-0.2, 0) is 4.74 Å². The fourth-order valence-electron chi connectivity index (χ4n) is 2.68. The predicted octanol–water partition coefficient (Wildman–Crippen LogP) is 1.10. The van der Waals surface area contributed by atoms with Gasteiger partial charge in [0.1, 0.15) is 0 Å². The predicted molar refractivity (Wildman–Crippen MR) is 74.8 cm³/mol. The van der Waals surface area contributed by atoms with Crippen molar-refractivity contribution in [3.05, 3.63) is 0 Å². The van der Waals surface area contributed by atoms with E-state index in [2.05, 4.69) is 24.1 Å². The lowest BCUT2D eigenvalue weighted by Crippen LogP contribution is -2.50. The summed E-state index contributed by atoms with van der Waals surface area (Å²) >= 11 is 0. The van der Waals surface area contributed by atoms with Crippen molar-refractivity contribution in [1.29, 1.82) is 0 Å². The molecule has 0 amide bonds. The van der Waals surface area contributed by atoms with Gasteiger partial charge in [0, 0.05) is 19.1 Å². The van der Waals surface area contributed by atoms with Crippen molar-refractivity contribution in [1.82, 2.24) is 10.2 Å². The fourth-order valence-corrected chi connectivity index (χ4v) is 2.68. The van der Waals surface area contributed by atoms with Crippen molar-refractivity contribution >= 4 is 0 Å². The summed E-state index contributed by atoms with van der Waals surface area (Å²) < 4.78 is 5.34. The maximum Gasteiger partial charge on any atom is 0.0698 e. The van der Waals surface area contributed by atoms with Crippen LogP contribution in [0, 0.1) is 5.92 Å². The highest BCUT2D eigenvalue weighted by Crippen LogP contribution is 2.20. The normalized spacial score (nSPS) is 25.5. The molecule has 4 heteroatoms. The molecule has 0 bridgehead atoms. The van der Waals surface area contributed by atoms with E-state index in [1.54, 1.807) is 0 Å². The Bertz CT molecular complexity index is 202. The number of aliphatic hydroxyl groups excluding tert-OH is 1. The van der Waals surface area contributed by atoms with Gasteiger partial charge in [-0.3, -0.25) is 0 Å². The summed E-state index contributed by atoms with van der Waals surface area (Å²) in [6.45, 7) is 10.3. The van der Waals surface area contributed by atoms with Crippen LogP contribution in [0.5, 0.6) is 0 Å². The van der Waals surface area contributed by atoms with Crippen molar-refractivity contribution in [3.63, 3.8) is 0 Å². The summed E-state index contributed by atoms with van der Waals surface area (Å²) in [5.41, 5.74) is 0. The van der Waals surface area contributed by atoms with E-state index in [4.69, 9.17) is 9.84 Å². The molecule has 0 aromatic rings. The Balaban J connectivity index is 2.22. The van der Waals surface area contributed by atoms with Crippen molar-refractivity contribution in [2.24, 2.45) is 5.92 Å². The van der Waals surface area contributed by atoms with E-state index < -0.39 is 0 Å². The molecular weight excluding hydrogens is 228 g/mol. The molecule has 0 spiro atoms. The molecule has 0 aromatic heterocycles. The van der Waals surface area contributed by atoms with Gasteiger partial charge >= 0.3 is 0 Å². The van der Waals surface area contributed by atoms with Crippen LogP contribution in [0.1, 0.15) is 33.1 Å². The quantitative estimate of drug-likeness (QED) is 0.608. The lowest BCUT2D eigenvalue weighted by Gasteiger charge is -2.38. The number of piperidine rings is 1. The number of rotatable bonds is 9. The summed E-state index contributed by atoms with van der Waals surface area (Å²) in [6.07, 6.45) is 3.71. The Hall–Kier alpha value is -0.160. The molecule has 108 valence electrons. The van der Waals surface area contributed by atoms with Crippen LogP contribution >= 0.6 is 0 Å². The average molecular weight is 258 g/mol. The lowest BCUT2D eigenvalue weighted by atomic mass is 9.90. The van der Waals surface area contributed by atoms with Crippen molar-refractivity contribution in [3.8, 4) is 0 Å². The molecule has 0 aromatic carbocycles. The van der Waals surface area contributed by atoms with E-state index in [1.807, 2.05) is 0 Å². The van der Waals surface area contributed by atoms with Gasteiger partial charge in [0.15, 0.2) is 0 Å². The maximum atomic E-state index is 8.65. The Morgan fingerprint density at radius 3 is 2.83 bits per heavy atom. The van der Waals surface area contributed by atoms with Gasteiger partial charge in [-0.25, -0.2) is 0 Å². The molecule has 0 aliphatic carbocycles. The molecule has 18 heavy (non-hydrogen) atoms. The highest BCUT2D eigenvalue weighted by Gasteiger charge is 2.26. The van der Waals surface area contributed by atoms with Gasteiger partial charge in [0.25, 0.3) is 0 Å². The van der Waals surface area contributed by atoms with Gasteiger partial charge in [0.05, 0.1) is 19.8 Å². The summed E-state index contributed by atoms with van der Waals surface area (Å²) in [7, 11) is 0. The smallest absolute Gasteiger partial charge is 0.0698 e. The molecule has 4 nitrogen and oxygen atoms in total. The van der Waals surface area contributed by atoms with Gasteiger partial charge in [0.2, 0.25) is 0 Å². The second-order valence-corrected chi connectivity index (χ2v) is 5.15. The highest BCUT2D eigenvalue weighted by molar-refractivity contribution is 4.84. The molecule has 1 heterocycles. The van der Waals surface area contributed by atoms with Crippen LogP contribution in [0.3, 0.4) is 0 Å². The van der Waals surface area contributed by atoms with Crippen LogP contribution in [-0.4, -0.2) is 62.0 Å². The SMILES string of the molecule is CCCNC1CCN(CCOCCO)CC1CC. The number of ether oxygens (including phenoxy) is 1. The van der Waals surface area contributed by atoms with E-state index in [1.165, 1.54) is 32.4 Å². The molecule has 2 unspecified atom stereocenters. The highest BCUT2D eigenvalue weighted by atomic mass is 16.5. The van der Waals surface area contributed by atoms with E-state index in [0.29, 0.717) is 12.6 Å². The first-order chi connectivity index (χ1) is 8.81. The second-order valence-electron chi connectivity index (χ2n) is 5.15. The molecule has 1 aliphatic rings. The Kier molecular flexibility index (Phi) is 8.59. The van der Waals surface area contributed by atoms with Crippen LogP contribution in [0.4, 0.5) is 0 Å².